The summed E-state index contributed by atoms with van der Waals surface area (Å²) in [5.41, 5.74) is 0.756. The van der Waals surface area contributed by atoms with Crippen LogP contribution in [0.2, 0.25) is 10.0 Å². The maximum atomic E-state index is 14.5. The molecule has 0 saturated carbocycles. The van der Waals surface area contributed by atoms with E-state index in [1.807, 2.05) is 54.6 Å². The summed E-state index contributed by atoms with van der Waals surface area (Å²) in [5.74, 6) is 0. The predicted molar refractivity (Wildman–Crippen MR) is 138 cm³/mol. The van der Waals surface area contributed by atoms with Gasteiger partial charge < -0.3 is 9.82 Å². The lowest BCUT2D eigenvalue weighted by Gasteiger charge is -2.29. The van der Waals surface area contributed by atoms with Crippen LogP contribution in [0.3, 0.4) is 0 Å². The summed E-state index contributed by atoms with van der Waals surface area (Å²) >= 11 is 12.1. The summed E-state index contributed by atoms with van der Waals surface area (Å²) in [4.78, 5) is 8.64. The maximum absolute atomic E-state index is 14.5. The van der Waals surface area contributed by atoms with Crippen LogP contribution in [0.5, 0.6) is 0 Å². The van der Waals surface area contributed by atoms with Gasteiger partial charge in [0, 0.05) is 49.8 Å². The lowest BCUT2D eigenvalue weighted by molar-refractivity contribution is -0.275. The van der Waals surface area contributed by atoms with Gasteiger partial charge in [-0.2, -0.15) is 13.2 Å². The van der Waals surface area contributed by atoms with Gasteiger partial charge in [0.05, 0.1) is 5.71 Å². The largest absolute Gasteiger partial charge is 0.435 e. The predicted octanol–water partition coefficient (Wildman–Crippen LogP) is 8.88. The highest BCUT2D eigenvalue weighted by Crippen LogP contribution is 2.50. The zero-order valence-corrected chi connectivity index (χ0v) is 20.0. The molecule has 36 heavy (non-hydrogen) atoms. The van der Waals surface area contributed by atoms with E-state index in [9.17, 15) is 13.2 Å². The number of rotatable bonds is 3. The number of fused-ring (bicyclic) bond motifs is 2. The summed E-state index contributed by atoms with van der Waals surface area (Å²) in [6, 6.07) is 25.1. The Balaban J connectivity index is 1.46. The average Bonchev–Trinajstić information content (AvgIpc) is 3.48. The molecule has 3 nitrogen and oxygen atoms in total. The highest BCUT2D eigenvalue weighted by atomic mass is 35.5. The number of hydrogen-bond donors (Lipinski definition) is 1. The molecule has 0 spiro atoms. The topological polar surface area (TPSA) is 37.4 Å². The average molecular weight is 525 g/mol. The van der Waals surface area contributed by atoms with Crippen LogP contribution in [0.4, 0.5) is 13.2 Å². The number of aromatic amines is 1. The number of oxime groups is 1. The molecule has 1 aliphatic heterocycles. The Bertz CT molecular complexity index is 1620. The van der Waals surface area contributed by atoms with Gasteiger partial charge in [-0.15, -0.1) is 0 Å². The molecule has 180 valence electrons. The van der Waals surface area contributed by atoms with Gasteiger partial charge in [0.2, 0.25) is 0 Å². The Labute approximate surface area is 214 Å². The Hall–Kier alpha value is -3.48. The van der Waals surface area contributed by atoms with E-state index in [0.717, 1.165) is 32.9 Å². The minimum atomic E-state index is -4.76. The molecular formula is C28H17Cl2F3N2O. The van der Waals surface area contributed by atoms with Crippen LogP contribution in [-0.2, 0) is 10.4 Å². The molecule has 4 aromatic carbocycles. The van der Waals surface area contributed by atoms with E-state index in [-0.39, 0.29) is 21.3 Å². The zero-order valence-electron chi connectivity index (χ0n) is 18.5. The molecule has 0 fully saturated rings. The quantitative estimate of drug-likeness (QED) is 0.251. The molecule has 0 radical (unpaired) electrons. The van der Waals surface area contributed by atoms with Gasteiger partial charge in [-0.25, -0.2) is 0 Å². The lowest BCUT2D eigenvalue weighted by atomic mass is 9.85. The fourth-order valence-corrected chi connectivity index (χ4v) is 5.37. The fraction of sp³-hybridized carbons (Fsp3) is 0.107. The Kier molecular flexibility index (Phi) is 5.28. The number of aromatic nitrogens is 1. The van der Waals surface area contributed by atoms with Crippen molar-refractivity contribution in [1.29, 1.82) is 0 Å². The highest BCUT2D eigenvalue weighted by Gasteiger charge is 2.62. The van der Waals surface area contributed by atoms with Crippen molar-refractivity contribution in [3.8, 4) is 11.3 Å². The molecular weight excluding hydrogens is 508 g/mol. The molecule has 0 bridgehead atoms. The third kappa shape index (κ3) is 3.64. The second kappa shape index (κ2) is 8.29. The van der Waals surface area contributed by atoms with Crippen LogP contribution >= 0.6 is 23.2 Å². The van der Waals surface area contributed by atoms with Crippen LogP contribution < -0.4 is 0 Å². The second-order valence-corrected chi connectivity index (χ2v) is 9.64. The van der Waals surface area contributed by atoms with Crippen molar-refractivity contribution in [2.45, 2.75) is 18.2 Å². The molecule has 0 saturated heterocycles. The van der Waals surface area contributed by atoms with Crippen molar-refractivity contribution in [1.82, 2.24) is 4.98 Å². The number of nitrogens with one attached hydrogen (secondary N) is 1. The molecule has 1 aromatic heterocycles. The molecule has 1 unspecified atom stereocenters. The van der Waals surface area contributed by atoms with Gasteiger partial charge in [0.15, 0.2) is 0 Å². The molecule has 1 atom stereocenters. The monoisotopic (exact) mass is 524 g/mol. The SMILES string of the molecule is FC(F)(F)C1(c2cc(Cl)cc(Cl)c2)CC(c2ccc(-c3cc4ccccc4[nH]3)c3ccccc23)=NO1. The van der Waals surface area contributed by atoms with E-state index in [2.05, 4.69) is 16.2 Å². The highest BCUT2D eigenvalue weighted by molar-refractivity contribution is 6.34. The van der Waals surface area contributed by atoms with Crippen molar-refractivity contribution >= 4 is 50.6 Å². The van der Waals surface area contributed by atoms with Crippen LogP contribution in [0.1, 0.15) is 17.5 Å². The Morgan fingerprint density at radius 3 is 2.14 bits per heavy atom. The van der Waals surface area contributed by atoms with Crippen LogP contribution in [0.25, 0.3) is 32.9 Å². The molecule has 6 rings (SSSR count). The molecule has 0 amide bonds. The number of benzene rings is 4. The van der Waals surface area contributed by atoms with Crippen LogP contribution in [0, 0.1) is 0 Å². The van der Waals surface area contributed by atoms with Crippen molar-refractivity contribution in [2.24, 2.45) is 5.16 Å². The first kappa shape index (κ1) is 23.0. The van der Waals surface area contributed by atoms with Crippen molar-refractivity contribution < 1.29 is 18.0 Å². The van der Waals surface area contributed by atoms with E-state index in [4.69, 9.17) is 28.0 Å². The smallest absolute Gasteiger partial charge is 0.374 e. The molecule has 0 aliphatic carbocycles. The number of nitrogens with zero attached hydrogens (tertiary/aromatic N) is 1. The third-order valence-electron chi connectivity index (χ3n) is 6.57. The minimum Gasteiger partial charge on any atom is -0.374 e. The summed E-state index contributed by atoms with van der Waals surface area (Å²) in [5, 5.41) is 6.87. The summed E-state index contributed by atoms with van der Waals surface area (Å²) in [6.07, 6.45) is -5.27. The molecule has 1 N–H and O–H groups in total. The molecule has 2 heterocycles. The summed E-state index contributed by atoms with van der Waals surface area (Å²) < 4.78 is 43.4. The summed E-state index contributed by atoms with van der Waals surface area (Å²) in [6.45, 7) is 0. The van der Waals surface area contributed by atoms with E-state index in [1.165, 1.54) is 18.2 Å². The van der Waals surface area contributed by atoms with Gasteiger partial charge >= 0.3 is 6.18 Å². The Morgan fingerprint density at radius 2 is 1.44 bits per heavy atom. The van der Waals surface area contributed by atoms with E-state index >= 15 is 0 Å². The standard InChI is InChI=1S/C28H17Cl2F3N2O/c29-18-12-17(13-19(30)14-18)27(28(31,32)33)15-26(35-36-27)23-10-9-22(20-6-2-3-7-21(20)23)25-11-16-5-1-4-8-24(16)34-25/h1-14,34H,15H2. The molecule has 5 aromatic rings. The van der Waals surface area contributed by atoms with Gasteiger partial charge in [0.1, 0.15) is 0 Å². The molecule has 8 heteroatoms. The number of para-hydroxylation sites is 1. The normalized spacial score (nSPS) is 18.0. The van der Waals surface area contributed by atoms with Gasteiger partial charge in [0.25, 0.3) is 5.60 Å². The third-order valence-corrected chi connectivity index (χ3v) is 7.01. The maximum Gasteiger partial charge on any atom is 0.435 e. The van der Waals surface area contributed by atoms with Crippen molar-refractivity contribution in [2.75, 3.05) is 0 Å². The van der Waals surface area contributed by atoms with Gasteiger partial charge in [-0.05, 0) is 41.1 Å². The van der Waals surface area contributed by atoms with Gasteiger partial charge in [-0.1, -0.05) is 83.0 Å². The zero-order chi connectivity index (χ0) is 25.1. The summed E-state index contributed by atoms with van der Waals surface area (Å²) in [7, 11) is 0. The first-order valence-corrected chi connectivity index (χ1v) is 11.9. The van der Waals surface area contributed by atoms with E-state index in [1.54, 1.807) is 6.07 Å². The van der Waals surface area contributed by atoms with Crippen molar-refractivity contribution in [3.63, 3.8) is 0 Å². The van der Waals surface area contributed by atoms with E-state index in [0.29, 0.717) is 5.56 Å². The lowest BCUT2D eigenvalue weighted by Crippen LogP contribution is -2.42. The second-order valence-electron chi connectivity index (χ2n) is 8.77. The Morgan fingerprint density at radius 1 is 0.806 bits per heavy atom. The first-order chi connectivity index (χ1) is 17.2. The first-order valence-electron chi connectivity index (χ1n) is 11.1. The molecule has 1 aliphatic rings. The van der Waals surface area contributed by atoms with Crippen molar-refractivity contribution in [3.05, 3.63) is 106 Å². The van der Waals surface area contributed by atoms with Crippen LogP contribution in [0.15, 0.2) is 90.1 Å². The number of alkyl halides is 3. The number of hydrogen-bond acceptors (Lipinski definition) is 2. The van der Waals surface area contributed by atoms with Gasteiger partial charge in [-0.3, -0.25) is 0 Å². The fourth-order valence-electron chi connectivity index (χ4n) is 4.84. The van der Waals surface area contributed by atoms with E-state index < -0.39 is 18.2 Å². The number of H-pyrrole nitrogens is 1. The van der Waals surface area contributed by atoms with Crippen LogP contribution in [-0.4, -0.2) is 16.9 Å². The minimum absolute atomic E-state index is 0.0892. The number of halogens is 5.